The molecular weight excluding hydrogens is 1880 g/mol. The van der Waals surface area contributed by atoms with Crippen molar-refractivity contribution in [3.63, 3.8) is 0 Å². The Kier molecular flexibility index (Phi) is 33.5. The molecule has 8 aromatic heterocycles. The van der Waals surface area contributed by atoms with Crippen molar-refractivity contribution in [3.05, 3.63) is 187 Å². The third kappa shape index (κ3) is 23.7. The van der Waals surface area contributed by atoms with Gasteiger partial charge in [-0.1, -0.05) is 63.4 Å². The van der Waals surface area contributed by atoms with Crippen LogP contribution in [0.15, 0.2) is 149 Å². The second kappa shape index (κ2) is 46.9. The summed E-state index contributed by atoms with van der Waals surface area (Å²) in [4.78, 5) is 103. The van der Waals surface area contributed by atoms with Gasteiger partial charge in [-0.05, 0) is 141 Å². The highest BCUT2D eigenvalue weighted by atomic mass is 35.5. The van der Waals surface area contributed by atoms with Crippen molar-refractivity contribution in [2.75, 3.05) is 137 Å². The number of ketones is 4. The molecule has 5 aliphatic heterocycles. The van der Waals surface area contributed by atoms with E-state index in [0.29, 0.717) is 233 Å². The fourth-order valence-corrected chi connectivity index (χ4v) is 19.2. The molecular formula is C106H114Cl2F2N16O17. The number of carbonyl (C=O) groups is 4. The van der Waals surface area contributed by atoms with Crippen LogP contribution >= 0.6 is 23.2 Å². The lowest BCUT2D eigenvalue weighted by molar-refractivity contribution is -0.117. The summed E-state index contributed by atoms with van der Waals surface area (Å²) >= 11 is 13.4. The number of hydrogen-bond acceptors (Lipinski definition) is 33. The Morgan fingerprint density at radius 1 is 0.371 bits per heavy atom. The summed E-state index contributed by atoms with van der Waals surface area (Å²) in [5, 5.41) is 17.3. The van der Waals surface area contributed by atoms with Crippen LogP contribution in [-0.2, 0) is 38.1 Å². The number of anilines is 4. The van der Waals surface area contributed by atoms with Gasteiger partial charge in [-0.15, -0.1) is 0 Å². The number of nitrogens with one attached hydrogen (secondary N) is 4. The van der Waals surface area contributed by atoms with Crippen molar-refractivity contribution in [2.24, 2.45) is 23.7 Å². The number of hydrogen-bond donors (Lipinski definition) is 4. The molecule has 0 amide bonds. The summed E-state index contributed by atoms with van der Waals surface area (Å²) < 4.78 is 103. The molecule has 37 heteroatoms. The topological polar surface area (TPSA) is 391 Å². The molecule has 748 valence electrons. The lowest BCUT2D eigenvalue weighted by Crippen LogP contribution is -2.40. The van der Waals surface area contributed by atoms with Gasteiger partial charge in [0, 0.05) is 156 Å². The summed E-state index contributed by atoms with van der Waals surface area (Å²) in [7, 11) is 10.8. The van der Waals surface area contributed by atoms with Gasteiger partial charge in [-0.2, -0.15) is 0 Å². The molecule has 4 saturated heterocycles. The monoisotopic (exact) mass is 1990 g/mol. The maximum absolute atomic E-state index is 15.5. The molecule has 143 heavy (non-hydrogen) atoms. The highest BCUT2D eigenvalue weighted by molar-refractivity contribution is 6.36. The summed E-state index contributed by atoms with van der Waals surface area (Å²) in [5.74, 6) is 6.16. The van der Waals surface area contributed by atoms with Crippen LogP contribution in [0.4, 0.5) is 32.6 Å². The Hall–Kier alpha value is -13.8. The molecule has 12 aromatic rings. The predicted octanol–water partition coefficient (Wildman–Crippen LogP) is 18.9. The van der Waals surface area contributed by atoms with Gasteiger partial charge in [0.2, 0.25) is 23.8 Å². The minimum absolute atomic E-state index is 0.00651. The van der Waals surface area contributed by atoms with Crippen LogP contribution < -0.4 is 63.9 Å². The number of fused-ring (bicyclic) bond motifs is 5. The van der Waals surface area contributed by atoms with E-state index in [0.717, 1.165) is 95.7 Å². The first-order chi connectivity index (χ1) is 69.5. The maximum atomic E-state index is 15.5. The van der Waals surface area contributed by atoms with Crippen LogP contribution in [0.1, 0.15) is 125 Å². The van der Waals surface area contributed by atoms with E-state index in [1.807, 2.05) is 32.0 Å². The maximum Gasteiger partial charge on any atom is 0.223 e. The van der Waals surface area contributed by atoms with Gasteiger partial charge in [-0.3, -0.25) is 39.1 Å². The molecule has 8 atom stereocenters. The number of methoxy groups -OCH3 is 7. The molecule has 2 aliphatic carbocycles. The van der Waals surface area contributed by atoms with Crippen LogP contribution in [0.3, 0.4) is 0 Å². The van der Waals surface area contributed by atoms with E-state index in [4.69, 9.17) is 89.8 Å². The number of pyridine rings is 4. The number of carbonyl (C=O) groups excluding carboxylic acids is 4. The number of nitrogens with zero attached hydrogens (tertiary/aromatic N) is 12. The van der Waals surface area contributed by atoms with Crippen molar-refractivity contribution in [2.45, 2.75) is 133 Å². The SMILES string of the molecule is C=CC(=O)C[C@H]1CCOC[C@H]1Nc1ncc2cc(-c3c(Cl)c(OC)cc(OC)c3C3CC3)ncc2n1.C=CC(=O)C[C@H]1CCOC[C@H]1Nc1ncc2cc(-c3c(Cl)c(OC)cc4c3OCCO4)ncc2n1.C=CC(=O)C[C@H]1CCOC[C@H]1Nc1ncc2cc(-c3c(F)c(OC)cc(OC)c3C(C)C)ncc2n1.C=CC(=O)C[C@H]1CCOC[C@H]1Nc1ncc2cc(-c3c(F)c(OC)cc(OC)c3C3CC3)ncc2n1. The highest BCUT2D eigenvalue weighted by Gasteiger charge is 2.39. The Morgan fingerprint density at radius 3 is 1.01 bits per heavy atom. The lowest BCUT2D eigenvalue weighted by Gasteiger charge is -2.31. The Bertz CT molecular complexity index is 6320. The van der Waals surface area contributed by atoms with Crippen molar-refractivity contribution in [1.82, 2.24) is 59.8 Å². The number of benzene rings is 4. The first kappa shape index (κ1) is 102. The van der Waals surface area contributed by atoms with Crippen molar-refractivity contribution in [3.8, 4) is 96.8 Å². The van der Waals surface area contributed by atoms with Crippen LogP contribution in [0.25, 0.3) is 88.6 Å². The van der Waals surface area contributed by atoms with Crippen LogP contribution in [-0.4, -0.2) is 223 Å². The lowest BCUT2D eigenvalue weighted by atomic mass is 9.90. The summed E-state index contributed by atoms with van der Waals surface area (Å²) in [6.07, 6.45) is 27.8. The van der Waals surface area contributed by atoms with Gasteiger partial charge in [0.25, 0.3) is 0 Å². The van der Waals surface area contributed by atoms with Gasteiger partial charge in [0.05, 0.1) is 186 Å². The highest BCUT2D eigenvalue weighted by Crippen LogP contribution is 2.56. The molecule has 4 aromatic carbocycles. The largest absolute Gasteiger partial charge is 0.496 e. The number of ether oxygens (including phenoxy) is 13. The van der Waals surface area contributed by atoms with E-state index < -0.39 is 11.6 Å². The summed E-state index contributed by atoms with van der Waals surface area (Å²) in [5.41, 5.74) is 9.56. The third-order valence-electron chi connectivity index (χ3n) is 26.4. The average molecular weight is 1990 g/mol. The van der Waals surface area contributed by atoms with Crippen LogP contribution in [0.2, 0.25) is 10.0 Å². The van der Waals surface area contributed by atoms with Gasteiger partial charge in [-0.25, -0.2) is 48.7 Å². The molecule has 4 N–H and O–H groups in total. The second-order valence-electron chi connectivity index (χ2n) is 35.9. The third-order valence-corrected chi connectivity index (χ3v) is 27.2. The smallest absolute Gasteiger partial charge is 0.223 e. The zero-order chi connectivity index (χ0) is 101. The van der Waals surface area contributed by atoms with Gasteiger partial charge in [0.15, 0.2) is 57.8 Å². The molecule has 2 saturated carbocycles. The average Bonchev–Trinajstić information content (AvgIpc) is 1.46. The van der Waals surface area contributed by atoms with E-state index >= 15 is 8.78 Å². The summed E-state index contributed by atoms with van der Waals surface area (Å²) in [6.45, 7) is 23.5. The molecule has 0 unspecified atom stereocenters. The van der Waals surface area contributed by atoms with Gasteiger partial charge < -0.3 is 82.8 Å². The number of aromatic nitrogens is 12. The molecule has 33 nitrogen and oxygen atoms in total. The molecule has 19 rings (SSSR count). The fraction of sp³-hybridized carbons (Fsp3) is 0.396. The quantitative estimate of drug-likeness (QED) is 0.0272. The van der Waals surface area contributed by atoms with Crippen LogP contribution in [0, 0.1) is 35.3 Å². The van der Waals surface area contributed by atoms with Crippen LogP contribution in [0.5, 0.6) is 51.7 Å². The zero-order valence-electron chi connectivity index (χ0n) is 81.1. The number of allylic oxidation sites excluding steroid dienone is 4. The predicted molar refractivity (Wildman–Crippen MR) is 541 cm³/mol. The van der Waals surface area contributed by atoms with E-state index in [1.54, 1.807) is 115 Å². The van der Waals surface area contributed by atoms with E-state index in [9.17, 15) is 19.2 Å². The molecule has 13 heterocycles. The zero-order valence-corrected chi connectivity index (χ0v) is 82.6. The van der Waals surface area contributed by atoms with Crippen molar-refractivity contribution in [1.29, 1.82) is 0 Å². The normalized spacial score (nSPS) is 19.1. The Labute approximate surface area is 835 Å². The molecule has 7 aliphatic rings. The number of halogens is 4. The van der Waals surface area contributed by atoms with E-state index in [-0.39, 0.29) is 94.3 Å². The minimum Gasteiger partial charge on any atom is -0.496 e. The number of rotatable bonds is 34. The van der Waals surface area contributed by atoms with Crippen molar-refractivity contribution >= 4 is 114 Å². The molecule has 0 spiro atoms. The van der Waals surface area contributed by atoms with E-state index in [2.05, 4.69) is 102 Å². The van der Waals surface area contributed by atoms with Crippen molar-refractivity contribution < 1.29 is 89.5 Å². The summed E-state index contributed by atoms with van der Waals surface area (Å²) in [6, 6.07) is 13.7. The fourth-order valence-electron chi connectivity index (χ4n) is 18.6. The first-order valence-corrected chi connectivity index (χ1v) is 48.2. The van der Waals surface area contributed by atoms with E-state index in [1.165, 1.54) is 38.5 Å². The minimum atomic E-state index is -0.495. The second-order valence-corrected chi connectivity index (χ2v) is 36.7. The molecule has 0 bridgehead atoms. The molecule has 6 fully saturated rings. The van der Waals surface area contributed by atoms with Gasteiger partial charge in [0.1, 0.15) is 42.0 Å². The van der Waals surface area contributed by atoms with Gasteiger partial charge >= 0.3 is 0 Å². The Morgan fingerprint density at radius 2 is 0.671 bits per heavy atom. The molecule has 0 radical (unpaired) electrons. The first-order valence-electron chi connectivity index (χ1n) is 47.5. The Balaban J connectivity index is 0.000000137. The standard InChI is InChI=1S/C27H29ClN4O4.C27H29FN4O4.C27H31FN4O4.C25H25ClN4O5/c2*1-4-18(33)9-16-7-8-36-14-21(16)32-27-30-12-17-10-19(29-13-20(17)31-27)25-24(15-5-6-15)22(34-2)11-23(35-3)26(25)28;1-6-18(33)9-16-7-8-36-14-21(16)32-27-30-12-17-10-19(29-13-20(17)31-27)25-24(15(2)3)22(34-4)11-23(35-5)26(25)28;1-3-16(31)8-14-4-5-33-13-19(14)30-25-28-11-15-9-17(27-12-18(15)29-25)22-23(26)20(32-2)10-21-24(22)35-7-6-34-21/h2*4,10-13,15-16,21H,1,5-9,14H2,2-3H3,(H,30,31,32);6,10-13,15-16,21H,1,7-9,14H2,2-5H3,(H,30,31,32);3,9-12,14,19H,1,4-8,13H2,2H3,(H,28,29,30)/t3*16-,21-;14-,19-/m1111/s1.